The first-order valence-electron chi connectivity index (χ1n) is 4.75. The molecular weight excluding hydrogens is 224 g/mol. The summed E-state index contributed by atoms with van der Waals surface area (Å²) in [5.74, 6) is 2.11. The van der Waals surface area contributed by atoms with Gasteiger partial charge in [-0.25, -0.2) is 0 Å². The molecule has 0 saturated carbocycles. The van der Waals surface area contributed by atoms with Crippen LogP contribution in [0, 0.1) is 11.3 Å². The maximum atomic E-state index is 8.65. The molecule has 0 unspecified atom stereocenters. The summed E-state index contributed by atoms with van der Waals surface area (Å²) in [6, 6.07) is 6.02. The van der Waals surface area contributed by atoms with E-state index in [4.69, 9.17) is 5.26 Å². The SMILES string of the molecule is C=CCSCCNCc1ccc(C#N)s1. The zero-order valence-electron chi connectivity index (χ0n) is 8.53. The van der Waals surface area contributed by atoms with Gasteiger partial charge in [0.1, 0.15) is 10.9 Å². The van der Waals surface area contributed by atoms with Crippen LogP contribution in [0.4, 0.5) is 0 Å². The van der Waals surface area contributed by atoms with E-state index in [-0.39, 0.29) is 0 Å². The third-order valence-corrected chi connectivity index (χ3v) is 3.68. The van der Waals surface area contributed by atoms with Crippen LogP contribution < -0.4 is 5.32 Å². The van der Waals surface area contributed by atoms with Crippen LogP contribution in [-0.4, -0.2) is 18.1 Å². The highest BCUT2D eigenvalue weighted by Gasteiger charge is 1.97. The Morgan fingerprint density at radius 3 is 3.13 bits per heavy atom. The van der Waals surface area contributed by atoms with Crippen molar-refractivity contribution in [1.29, 1.82) is 5.26 Å². The van der Waals surface area contributed by atoms with Crippen LogP contribution in [0.25, 0.3) is 0 Å². The Morgan fingerprint density at radius 1 is 1.60 bits per heavy atom. The van der Waals surface area contributed by atoms with Crippen molar-refractivity contribution in [2.75, 3.05) is 18.1 Å². The van der Waals surface area contributed by atoms with Gasteiger partial charge < -0.3 is 5.32 Å². The molecule has 1 rings (SSSR count). The Labute approximate surface area is 99.0 Å². The van der Waals surface area contributed by atoms with Gasteiger partial charge in [-0.1, -0.05) is 6.08 Å². The molecule has 2 nitrogen and oxygen atoms in total. The number of thioether (sulfide) groups is 1. The molecule has 0 aliphatic carbocycles. The second-order valence-corrected chi connectivity index (χ2v) is 5.24. The number of hydrogen-bond donors (Lipinski definition) is 1. The Kier molecular flexibility index (Phi) is 6.17. The van der Waals surface area contributed by atoms with Crippen LogP contribution in [0.1, 0.15) is 9.75 Å². The molecule has 80 valence electrons. The van der Waals surface area contributed by atoms with Crippen LogP contribution in [0.3, 0.4) is 0 Å². The van der Waals surface area contributed by atoms with E-state index in [1.807, 2.05) is 30.0 Å². The van der Waals surface area contributed by atoms with E-state index in [2.05, 4.69) is 18.0 Å². The van der Waals surface area contributed by atoms with Gasteiger partial charge >= 0.3 is 0 Å². The number of hydrogen-bond acceptors (Lipinski definition) is 4. The summed E-state index contributed by atoms with van der Waals surface area (Å²) >= 11 is 3.42. The topological polar surface area (TPSA) is 35.8 Å². The van der Waals surface area contributed by atoms with Crippen molar-refractivity contribution in [2.24, 2.45) is 0 Å². The molecule has 0 saturated heterocycles. The minimum absolute atomic E-state index is 0.785. The van der Waals surface area contributed by atoms with Crippen LogP contribution in [0.2, 0.25) is 0 Å². The van der Waals surface area contributed by atoms with Crippen molar-refractivity contribution in [3.63, 3.8) is 0 Å². The summed E-state index contributed by atoms with van der Waals surface area (Å²) in [7, 11) is 0. The molecule has 1 heterocycles. The average molecular weight is 238 g/mol. The van der Waals surface area contributed by atoms with E-state index >= 15 is 0 Å². The van der Waals surface area contributed by atoms with Gasteiger partial charge in [-0.2, -0.15) is 17.0 Å². The summed E-state index contributed by atoms with van der Waals surface area (Å²) in [6.45, 7) is 5.53. The lowest BCUT2D eigenvalue weighted by Gasteiger charge is -2.01. The summed E-state index contributed by atoms with van der Waals surface area (Å²) in [5.41, 5.74) is 0. The Balaban J connectivity index is 2.10. The van der Waals surface area contributed by atoms with Crippen molar-refractivity contribution in [1.82, 2.24) is 5.32 Å². The highest BCUT2D eigenvalue weighted by Crippen LogP contribution is 2.14. The number of thiophene rings is 1. The maximum Gasteiger partial charge on any atom is 0.110 e. The Hall–Kier alpha value is -0.760. The summed E-state index contributed by atoms with van der Waals surface area (Å²) < 4.78 is 0. The molecule has 4 heteroatoms. The van der Waals surface area contributed by atoms with Gasteiger partial charge in [0.05, 0.1) is 0 Å². The van der Waals surface area contributed by atoms with Crippen LogP contribution >= 0.6 is 23.1 Å². The van der Waals surface area contributed by atoms with Crippen molar-refractivity contribution in [2.45, 2.75) is 6.54 Å². The third-order valence-electron chi connectivity index (χ3n) is 1.73. The van der Waals surface area contributed by atoms with Crippen molar-refractivity contribution < 1.29 is 0 Å². The van der Waals surface area contributed by atoms with Gasteiger partial charge in [0.25, 0.3) is 0 Å². The van der Waals surface area contributed by atoms with E-state index < -0.39 is 0 Å². The molecule has 0 aliphatic rings. The highest BCUT2D eigenvalue weighted by atomic mass is 32.2. The largest absolute Gasteiger partial charge is 0.311 e. The molecule has 1 aromatic heterocycles. The zero-order valence-corrected chi connectivity index (χ0v) is 10.2. The molecule has 1 aromatic rings. The lowest BCUT2D eigenvalue weighted by atomic mass is 10.4. The summed E-state index contributed by atoms with van der Waals surface area (Å²) in [6.07, 6.45) is 1.92. The van der Waals surface area contributed by atoms with Gasteiger partial charge in [0, 0.05) is 29.5 Å². The molecule has 1 N–H and O–H groups in total. The summed E-state index contributed by atoms with van der Waals surface area (Å²) in [5, 5.41) is 12.0. The van der Waals surface area contributed by atoms with E-state index in [1.165, 1.54) is 4.88 Å². The standard InChI is InChI=1S/C11H14N2S2/c1-2-6-14-7-5-13-9-11-4-3-10(8-12)15-11/h2-4,13H,1,5-7,9H2. The van der Waals surface area contributed by atoms with Crippen LogP contribution in [0.15, 0.2) is 24.8 Å². The van der Waals surface area contributed by atoms with E-state index in [0.717, 1.165) is 29.5 Å². The fourth-order valence-corrected chi connectivity index (χ4v) is 2.45. The number of rotatable bonds is 7. The van der Waals surface area contributed by atoms with Gasteiger partial charge in [0.15, 0.2) is 0 Å². The van der Waals surface area contributed by atoms with Gasteiger partial charge in [-0.05, 0) is 12.1 Å². The second kappa shape index (κ2) is 7.52. The molecule has 0 atom stereocenters. The first kappa shape index (κ1) is 12.3. The Bertz CT molecular complexity index is 339. The third kappa shape index (κ3) is 5.03. The van der Waals surface area contributed by atoms with Gasteiger partial charge in [-0.15, -0.1) is 17.9 Å². The molecule has 0 aliphatic heterocycles. The fraction of sp³-hybridized carbons (Fsp3) is 0.364. The first-order valence-corrected chi connectivity index (χ1v) is 6.72. The first-order chi connectivity index (χ1) is 7.36. The zero-order chi connectivity index (χ0) is 10.9. The average Bonchev–Trinajstić information content (AvgIpc) is 2.71. The van der Waals surface area contributed by atoms with Gasteiger partial charge in [0.2, 0.25) is 0 Å². The molecule has 0 bridgehead atoms. The highest BCUT2D eigenvalue weighted by molar-refractivity contribution is 7.99. The van der Waals surface area contributed by atoms with Gasteiger partial charge in [-0.3, -0.25) is 0 Å². The normalized spacial score (nSPS) is 9.80. The monoisotopic (exact) mass is 238 g/mol. The molecule has 0 fully saturated rings. The van der Waals surface area contributed by atoms with E-state index in [1.54, 1.807) is 11.3 Å². The second-order valence-electron chi connectivity index (χ2n) is 2.92. The lowest BCUT2D eigenvalue weighted by molar-refractivity contribution is 0.741. The molecular formula is C11H14N2S2. The molecule has 0 spiro atoms. The number of nitriles is 1. The molecule has 0 amide bonds. The number of nitrogens with one attached hydrogen (secondary N) is 1. The van der Waals surface area contributed by atoms with E-state index in [9.17, 15) is 0 Å². The maximum absolute atomic E-state index is 8.65. The molecule has 0 aromatic carbocycles. The van der Waals surface area contributed by atoms with Crippen molar-refractivity contribution >= 4 is 23.1 Å². The smallest absolute Gasteiger partial charge is 0.110 e. The predicted molar refractivity (Wildman–Crippen MR) is 68.3 cm³/mol. The quantitative estimate of drug-likeness (QED) is 0.586. The van der Waals surface area contributed by atoms with Crippen molar-refractivity contribution in [3.05, 3.63) is 34.5 Å². The minimum Gasteiger partial charge on any atom is -0.311 e. The summed E-state index contributed by atoms with van der Waals surface area (Å²) in [4.78, 5) is 2.01. The van der Waals surface area contributed by atoms with Crippen LogP contribution in [-0.2, 0) is 6.54 Å². The van der Waals surface area contributed by atoms with Crippen LogP contribution in [0.5, 0.6) is 0 Å². The Morgan fingerprint density at radius 2 is 2.47 bits per heavy atom. The molecule has 15 heavy (non-hydrogen) atoms. The van der Waals surface area contributed by atoms with E-state index in [0.29, 0.717) is 0 Å². The number of nitrogens with zero attached hydrogens (tertiary/aromatic N) is 1. The molecule has 0 radical (unpaired) electrons. The minimum atomic E-state index is 0.785. The lowest BCUT2D eigenvalue weighted by Crippen LogP contribution is -2.15. The fourth-order valence-electron chi connectivity index (χ4n) is 1.06. The predicted octanol–water partition coefficient (Wildman–Crippen LogP) is 2.63. The van der Waals surface area contributed by atoms with Crippen molar-refractivity contribution in [3.8, 4) is 6.07 Å².